The number of nitrogens with one attached hydrogen (secondary N) is 2. The van der Waals surface area contributed by atoms with Crippen molar-refractivity contribution in [3.8, 4) is 11.5 Å². The zero-order valence-corrected chi connectivity index (χ0v) is 20.0. The van der Waals surface area contributed by atoms with Gasteiger partial charge in [-0.1, -0.05) is 0 Å². The molecule has 0 spiro atoms. The summed E-state index contributed by atoms with van der Waals surface area (Å²) < 4.78 is 10.5. The van der Waals surface area contributed by atoms with Crippen LogP contribution in [0.2, 0.25) is 0 Å². The zero-order chi connectivity index (χ0) is 22.7. The van der Waals surface area contributed by atoms with Crippen LogP contribution in [0, 0.1) is 0 Å². The number of carbonyl (C=O) groups is 2. The van der Waals surface area contributed by atoms with E-state index in [0.29, 0.717) is 24.7 Å². The van der Waals surface area contributed by atoms with Crippen molar-refractivity contribution >= 4 is 46.7 Å². The molecule has 0 bridgehead atoms. The lowest BCUT2D eigenvalue weighted by Crippen LogP contribution is -2.22. The number of benzene rings is 2. The van der Waals surface area contributed by atoms with Crippen molar-refractivity contribution in [1.29, 1.82) is 0 Å². The number of ether oxygens (including phenoxy) is 2. The minimum Gasteiger partial charge on any atom is -0.494 e. The van der Waals surface area contributed by atoms with Gasteiger partial charge in [0.1, 0.15) is 11.5 Å². The first-order chi connectivity index (χ1) is 14.8. The normalized spacial score (nSPS) is 11.0. The molecule has 0 saturated carbocycles. The number of hydrogen-bond donors (Lipinski definition) is 2. The molecule has 0 atom stereocenters. The Kier molecular flexibility index (Phi) is 10.1. The molecule has 168 valence electrons. The lowest BCUT2D eigenvalue weighted by Gasteiger charge is -2.23. The van der Waals surface area contributed by atoms with Gasteiger partial charge in [-0.2, -0.15) is 0 Å². The second-order valence-corrected chi connectivity index (χ2v) is 10.4. The summed E-state index contributed by atoms with van der Waals surface area (Å²) in [5.41, 5.74) is 1.46. The van der Waals surface area contributed by atoms with Crippen LogP contribution in [0.4, 0.5) is 11.4 Å². The molecule has 31 heavy (non-hydrogen) atoms. The Bertz CT molecular complexity index is 770. The maximum atomic E-state index is 12.3. The molecule has 2 N–H and O–H groups in total. The highest BCUT2D eigenvalue weighted by atomic mass is 32.2. The third kappa shape index (κ3) is 9.57. The number of carbonyl (C=O) groups excluding carboxylic acids is 2. The average molecular weight is 463 g/mol. The van der Waals surface area contributed by atoms with Crippen molar-refractivity contribution in [3.05, 3.63) is 48.5 Å². The molecule has 0 aliphatic carbocycles. The highest BCUT2D eigenvalue weighted by molar-refractivity contribution is 8.18. The van der Waals surface area contributed by atoms with Crippen molar-refractivity contribution in [3.63, 3.8) is 0 Å². The summed E-state index contributed by atoms with van der Waals surface area (Å²) in [5.74, 6) is 1.98. The predicted octanol–water partition coefficient (Wildman–Crippen LogP) is 5.26. The third-order valence-corrected chi connectivity index (χ3v) is 6.91. The highest BCUT2D eigenvalue weighted by Gasteiger charge is 2.22. The monoisotopic (exact) mass is 462 g/mol. The minimum absolute atomic E-state index is 0.0818. The van der Waals surface area contributed by atoms with Crippen LogP contribution < -0.4 is 20.1 Å². The fourth-order valence-electron chi connectivity index (χ4n) is 2.52. The Morgan fingerprint density at radius 1 is 0.742 bits per heavy atom. The van der Waals surface area contributed by atoms with Gasteiger partial charge in [0.25, 0.3) is 0 Å². The lowest BCUT2D eigenvalue weighted by molar-refractivity contribution is -0.114. The van der Waals surface area contributed by atoms with E-state index in [1.807, 2.05) is 76.2 Å². The molecular formula is C23H30N2O4S2. The molecular weight excluding hydrogens is 432 g/mol. The standard InChI is InChI=1S/C23H30N2O4S2/c1-5-28-19-11-7-17(8-12-19)24-21(26)15-30-23(3,4)31-16-22(27)25-18-9-13-20(14-10-18)29-6-2/h7-14H,5-6,15-16H2,1-4H3,(H,24,26)(H,25,27). The van der Waals surface area contributed by atoms with Gasteiger partial charge in [0.05, 0.1) is 28.8 Å². The predicted molar refractivity (Wildman–Crippen MR) is 131 cm³/mol. The van der Waals surface area contributed by atoms with Gasteiger partial charge >= 0.3 is 0 Å². The summed E-state index contributed by atoms with van der Waals surface area (Å²) in [6.45, 7) is 9.08. The van der Waals surface area contributed by atoms with Crippen LogP contribution in [0.15, 0.2) is 48.5 Å². The van der Waals surface area contributed by atoms with E-state index >= 15 is 0 Å². The Hall–Kier alpha value is -2.32. The van der Waals surface area contributed by atoms with E-state index in [0.717, 1.165) is 22.9 Å². The van der Waals surface area contributed by atoms with Crippen LogP contribution in [-0.2, 0) is 9.59 Å². The molecule has 0 radical (unpaired) electrons. The summed E-state index contributed by atoms with van der Waals surface area (Å²) in [6.07, 6.45) is 0. The summed E-state index contributed by atoms with van der Waals surface area (Å²) in [5, 5.41) is 5.76. The Balaban J connectivity index is 1.72. The van der Waals surface area contributed by atoms with Crippen LogP contribution >= 0.6 is 23.5 Å². The minimum atomic E-state index is -0.285. The molecule has 0 fully saturated rings. The number of anilines is 2. The number of hydrogen-bond acceptors (Lipinski definition) is 6. The van der Waals surface area contributed by atoms with Gasteiger partial charge < -0.3 is 20.1 Å². The first-order valence-corrected chi connectivity index (χ1v) is 12.1. The van der Waals surface area contributed by atoms with E-state index in [-0.39, 0.29) is 15.9 Å². The number of amides is 2. The molecule has 2 aromatic carbocycles. The van der Waals surface area contributed by atoms with Gasteiger partial charge in [-0.05, 0) is 76.2 Å². The fourth-order valence-corrected chi connectivity index (χ4v) is 4.31. The first-order valence-electron chi connectivity index (χ1n) is 10.1. The molecule has 0 unspecified atom stereocenters. The second kappa shape index (κ2) is 12.5. The van der Waals surface area contributed by atoms with Crippen LogP contribution in [0.5, 0.6) is 11.5 Å². The van der Waals surface area contributed by atoms with E-state index < -0.39 is 0 Å². The van der Waals surface area contributed by atoms with Crippen molar-refractivity contribution in [2.24, 2.45) is 0 Å². The summed E-state index contributed by atoms with van der Waals surface area (Å²) >= 11 is 3.01. The number of thioether (sulfide) groups is 2. The van der Waals surface area contributed by atoms with Gasteiger partial charge in [-0.15, -0.1) is 23.5 Å². The molecule has 0 aliphatic heterocycles. The SMILES string of the molecule is CCOc1ccc(NC(=O)CSC(C)(C)SCC(=O)Nc2ccc(OCC)cc2)cc1. The van der Waals surface area contributed by atoms with Gasteiger partial charge in [-0.25, -0.2) is 0 Å². The Labute approximate surface area is 192 Å². The van der Waals surface area contributed by atoms with Gasteiger partial charge in [0, 0.05) is 11.4 Å². The smallest absolute Gasteiger partial charge is 0.234 e. The van der Waals surface area contributed by atoms with Crippen LogP contribution in [0.1, 0.15) is 27.7 Å². The van der Waals surface area contributed by atoms with Crippen LogP contribution in [0.3, 0.4) is 0 Å². The highest BCUT2D eigenvalue weighted by Crippen LogP contribution is 2.36. The first kappa shape index (κ1) is 24.9. The van der Waals surface area contributed by atoms with Gasteiger partial charge in [0.15, 0.2) is 0 Å². The van der Waals surface area contributed by atoms with Gasteiger partial charge in [0.2, 0.25) is 11.8 Å². The quantitative estimate of drug-likeness (QED) is 0.419. The van der Waals surface area contributed by atoms with Crippen molar-refractivity contribution in [2.75, 3.05) is 35.4 Å². The maximum absolute atomic E-state index is 12.3. The fraction of sp³-hybridized carbons (Fsp3) is 0.391. The molecule has 0 heterocycles. The van der Waals surface area contributed by atoms with Crippen molar-refractivity contribution in [1.82, 2.24) is 0 Å². The van der Waals surface area contributed by atoms with E-state index in [9.17, 15) is 9.59 Å². The van der Waals surface area contributed by atoms with Crippen molar-refractivity contribution < 1.29 is 19.1 Å². The lowest BCUT2D eigenvalue weighted by atomic mass is 10.3. The van der Waals surface area contributed by atoms with Crippen LogP contribution in [0.25, 0.3) is 0 Å². The molecule has 8 heteroatoms. The van der Waals surface area contributed by atoms with E-state index in [4.69, 9.17) is 9.47 Å². The molecule has 0 aromatic heterocycles. The van der Waals surface area contributed by atoms with Gasteiger partial charge in [-0.3, -0.25) is 9.59 Å². The van der Waals surface area contributed by atoms with Crippen LogP contribution in [-0.4, -0.2) is 40.6 Å². The molecule has 2 amide bonds. The molecule has 0 aliphatic rings. The molecule has 6 nitrogen and oxygen atoms in total. The maximum Gasteiger partial charge on any atom is 0.234 e. The zero-order valence-electron chi connectivity index (χ0n) is 18.4. The van der Waals surface area contributed by atoms with E-state index in [1.165, 1.54) is 23.5 Å². The molecule has 0 saturated heterocycles. The van der Waals surface area contributed by atoms with E-state index in [2.05, 4.69) is 10.6 Å². The third-order valence-electron chi connectivity index (χ3n) is 4.00. The molecule has 2 rings (SSSR count). The summed E-state index contributed by atoms with van der Waals surface area (Å²) in [6, 6.07) is 14.6. The Morgan fingerprint density at radius 3 is 1.42 bits per heavy atom. The number of rotatable bonds is 12. The summed E-state index contributed by atoms with van der Waals surface area (Å²) in [7, 11) is 0. The molecule has 2 aromatic rings. The van der Waals surface area contributed by atoms with E-state index in [1.54, 1.807) is 0 Å². The van der Waals surface area contributed by atoms with Crippen molar-refractivity contribution in [2.45, 2.75) is 31.8 Å². The summed E-state index contributed by atoms with van der Waals surface area (Å²) in [4.78, 5) is 24.5. The topological polar surface area (TPSA) is 76.7 Å². The second-order valence-electron chi connectivity index (χ2n) is 6.99. The Morgan fingerprint density at radius 2 is 1.10 bits per heavy atom. The average Bonchev–Trinajstić information content (AvgIpc) is 2.74. The largest absolute Gasteiger partial charge is 0.494 e.